The van der Waals surface area contributed by atoms with Gasteiger partial charge in [0, 0.05) is 25.0 Å². The Balaban J connectivity index is 0.00000147. The normalized spacial score (nSPS) is 36.5. The quantitative estimate of drug-likeness (QED) is 0.704. The topological polar surface area (TPSA) is 70.2 Å². The molecule has 114 valence electrons. The van der Waals surface area contributed by atoms with Gasteiger partial charge in [-0.1, -0.05) is 12.8 Å². The molecule has 20 heavy (non-hydrogen) atoms. The van der Waals surface area contributed by atoms with Gasteiger partial charge >= 0.3 is 0 Å². The minimum Gasteiger partial charge on any atom is -0.354 e. The van der Waals surface area contributed by atoms with Crippen molar-refractivity contribution in [2.24, 2.45) is 5.92 Å². The van der Waals surface area contributed by atoms with Crippen molar-refractivity contribution < 1.29 is 9.59 Å². The summed E-state index contributed by atoms with van der Waals surface area (Å²) in [7, 11) is 0. The maximum atomic E-state index is 12.3. The molecular weight excluding hydrogens is 278 g/mol. The van der Waals surface area contributed by atoms with E-state index in [4.69, 9.17) is 0 Å². The van der Waals surface area contributed by atoms with Gasteiger partial charge in [0.1, 0.15) is 0 Å². The fraction of sp³-hybridized carbons (Fsp3) is 0.857. The molecule has 1 aliphatic carbocycles. The minimum atomic E-state index is -0.0225. The zero-order chi connectivity index (χ0) is 13.2. The first-order chi connectivity index (χ1) is 9.22. The molecule has 4 atom stereocenters. The highest BCUT2D eigenvalue weighted by Crippen LogP contribution is 2.33. The van der Waals surface area contributed by atoms with Crippen LogP contribution in [0.25, 0.3) is 0 Å². The summed E-state index contributed by atoms with van der Waals surface area (Å²) in [5.41, 5.74) is 0. The van der Waals surface area contributed by atoms with Crippen LogP contribution in [-0.2, 0) is 9.59 Å². The molecule has 0 aromatic carbocycles. The highest BCUT2D eigenvalue weighted by Gasteiger charge is 2.38. The predicted molar refractivity (Wildman–Crippen MR) is 78.7 cm³/mol. The van der Waals surface area contributed by atoms with Gasteiger partial charge in [-0.2, -0.15) is 0 Å². The van der Waals surface area contributed by atoms with Gasteiger partial charge in [-0.25, -0.2) is 0 Å². The number of hydrogen-bond donors (Lipinski definition) is 3. The van der Waals surface area contributed by atoms with E-state index < -0.39 is 0 Å². The SMILES string of the molecule is Cl.O=C1CCC(NC(=O)C2CC3CCCCC3N2)CN1. The van der Waals surface area contributed by atoms with Crippen LogP contribution >= 0.6 is 12.4 Å². The highest BCUT2D eigenvalue weighted by atomic mass is 35.5. The zero-order valence-corrected chi connectivity index (χ0v) is 12.5. The van der Waals surface area contributed by atoms with Crippen LogP contribution in [0.2, 0.25) is 0 Å². The number of hydrogen-bond acceptors (Lipinski definition) is 3. The lowest BCUT2D eigenvalue weighted by Gasteiger charge is -2.25. The fourth-order valence-corrected chi connectivity index (χ4v) is 3.68. The lowest BCUT2D eigenvalue weighted by Crippen LogP contribution is -2.52. The minimum absolute atomic E-state index is 0. The number of halogens is 1. The molecule has 0 aromatic rings. The van der Waals surface area contributed by atoms with Crippen LogP contribution in [0.3, 0.4) is 0 Å². The first-order valence-electron chi connectivity index (χ1n) is 7.55. The number of amides is 2. The molecule has 0 aromatic heterocycles. The molecular formula is C14H24ClN3O2. The van der Waals surface area contributed by atoms with E-state index in [2.05, 4.69) is 16.0 Å². The van der Waals surface area contributed by atoms with Crippen molar-refractivity contribution in [2.75, 3.05) is 6.54 Å². The highest BCUT2D eigenvalue weighted by molar-refractivity contribution is 5.85. The number of piperidine rings is 1. The van der Waals surface area contributed by atoms with Gasteiger partial charge in [0.05, 0.1) is 6.04 Å². The van der Waals surface area contributed by atoms with E-state index in [-0.39, 0.29) is 36.3 Å². The Kier molecular flexibility index (Phi) is 5.27. The van der Waals surface area contributed by atoms with Crippen LogP contribution in [0.1, 0.15) is 44.9 Å². The van der Waals surface area contributed by atoms with E-state index in [1.165, 1.54) is 25.7 Å². The van der Waals surface area contributed by atoms with Crippen molar-refractivity contribution in [3.8, 4) is 0 Å². The van der Waals surface area contributed by atoms with E-state index in [1.807, 2.05) is 0 Å². The Morgan fingerprint density at radius 3 is 2.70 bits per heavy atom. The van der Waals surface area contributed by atoms with Crippen LogP contribution < -0.4 is 16.0 Å². The standard InChI is InChI=1S/C14H23N3O2.ClH/c18-13-6-5-10(8-15-13)16-14(19)12-7-9-3-1-2-4-11(9)17-12;/h9-12,17H,1-8H2,(H,15,18)(H,16,19);1H. The number of carbonyl (C=O) groups is 2. The smallest absolute Gasteiger partial charge is 0.237 e. The van der Waals surface area contributed by atoms with Gasteiger partial charge in [-0.05, 0) is 31.6 Å². The number of fused-ring (bicyclic) bond motifs is 1. The summed E-state index contributed by atoms with van der Waals surface area (Å²) in [5.74, 6) is 0.904. The summed E-state index contributed by atoms with van der Waals surface area (Å²) in [4.78, 5) is 23.3. The molecule has 3 aliphatic rings. The molecule has 3 rings (SSSR count). The Labute approximate surface area is 126 Å². The van der Waals surface area contributed by atoms with Crippen LogP contribution in [0.15, 0.2) is 0 Å². The maximum Gasteiger partial charge on any atom is 0.237 e. The molecule has 0 bridgehead atoms. The predicted octanol–water partition coefficient (Wildman–Crippen LogP) is 0.724. The molecule has 2 amide bonds. The van der Waals surface area contributed by atoms with Crippen molar-refractivity contribution in [3.63, 3.8) is 0 Å². The van der Waals surface area contributed by atoms with E-state index in [1.54, 1.807) is 0 Å². The van der Waals surface area contributed by atoms with Gasteiger partial charge in [-0.3, -0.25) is 9.59 Å². The van der Waals surface area contributed by atoms with Crippen molar-refractivity contribution in [1.29, 1.82) is 0 Å². The van der Waals surface area contributed by atoms with Gasteiger partial charge in [0.25, 0.3) is 0 Å². The first kappa shape index (κ1) is 15.6. The first-order valence-corrected chi connectivity index (χ1v) is 7.55. The van der Waals surface area contributed by atoms with Gasteiger partial charge in [0.15, 0.2) is 0 Å². The van der Waals surface area contributed by atoms with Gasteiger partial charge < -0.3 is 16.0 Å². The molecule has 1 saturated carbocycles. The summed E-state index contributed by atoms with van der Waals surface area (Å²) >= 11 is 0. The largest absolute Gasteiger partial charge is 0.354 e. The molecule has 3 fully saturated rings. The van der Waals surface area contributed by atoms with Gasteiger partial charge in [-0.15, -0.1) is 12.4 Å². The Morgan fingerprint density at radius 2 is 2.00 bits per heavy atom. The molecule has 0 spiro atoms. The van der Waals surface area contributed by atoms with Crippen LogP contribution in [0.5, 0.6) is 0 Å². The van der Waals surface area contributed by atoms with Crippen molar-refractivity contribution >= 4 is 24.2 Å². The second kappa shape index (κ2) is 6.76. The molecule has 2 aliphatic heterocycles. The average Bonchev–Trinajstić information content (AvgIpc) is 2.85. The number of carbonyl (C=O) groups excluding carboxylic acids is 2. The molecule has 0 radical (unpaired) electrons. The van der Waals surface area contributed by atoms with Crippen molar-refractivity contribution in [1.82, 2.24) is 16.0 Å². The molecule has 2 saturated heterocycles. The molecule has 6 heteroatoms. The molecule has 3 N–H and O–H groups in total. The lowest BCUT2D eigenvalue weighted by molar-refractivity contribution is -0.126. The second-order valence-electron chi connectivity index (χ2n) is 6.15. The van der Waals surface area contributed by atoms with E-state index >= 15 is 0 Å². The van der Waals surface area contributed by atoms with Crippen LogP contribution in [-0.4, -0.2) is 36.5 Å². The summed E-state index contributed by atoms with van der Waals surface area (Å²) < 4.78 is 0. The third-order valence-corrected chi connectivity index (χ3v) is 4.79. The fourth-order valence-electron chi connectivity index (χ4n) is 3.68. The summed E-state index contributed by atoms with van der Waals surface area (Å²) in [6, 6.07) is 0.635. The Hall–Kier alpha value is -0.810. The summed E-state index contributed by atoms with van der Waals surface area (Å²) in [6.07, 6.45) is 7.35. The van der Waals surface area contributed by atoms with E-state index in [0.717, 1.165) is 12.8 Å². The number of rotatable bonds is 2. The van der Waals surface area contributed by atoms with Crippen molar-refractivity contribution in [3.05, 3.63) is 0 Å². The van der Waals surface area contributed by atoms with E-state index in [9.17, 15) is 9.59 Å². The molecule has 4 unspecified atom stereocenters. The maximum absolute atomic E-state index is 12.3. The van der Waals surface area contributed by atoms with E-state index in [0.29, 0.717) is 24.9 Å². The average molecular weight is 302 g/mol. The summed E-state index contributed by atoms with van der Waals surface area (Å²) in [6.45, 7) is 0.574. The third-order valence-electron chi connectivity index (χ3n) is 4.79. The lowest BCUT2D eigenvalue weighted by atomic mass is 9.85. The molecule has 2 heterocycles. The van der Waals surface area contributed by atoms with Crippen molar-refractivity contribution in [2.45, 2.75) is 63.1 Å². The Bertz CT molecular complexity index is 353. The molecule has 5 nitrogen and oxygen atoms in total. The van der Waals surface area contributed by atoms with Crippen LogP contribution in [0.4, 0.5) is 0 Å². The summed E-state index contributed by atoms with van der Waals surface area (Å²) in [5, 5.41) is 9.37. The monoisotopic (exact) mass is 301 g/mol. The zero-order valence-electron chi connectivity index (χ0n) is 11.7. The number of nitrogens with one attached hydrogen (secondary N) is 3. The third kappa shape index (κ3) is 3.44. The second-order valence-corrected chi connectivity index (χ2v) is 6.15. The van der Waals surface area contributed by atoms with Crippen LogP contribution in [0, 0.1) is 5.92 Å². The van der Waals surface area contributed by atoms with Gasteiger partial charge in [0.2, 0.25) is 11.8 Å². The Morgan fingerprint density at radius 1 is 1.20 bits per heavy atom.